The molecule has 0 spiro atoms. The molecule has 0 radical (unpaired) electrons. The summed E-state index contributed by atoms with van der Waals surface area (Å²) in [6.45, 7) is 0. The lowest BCUT2D eigenvalue weighted by atomic mass is 10.3. The Labute approximate surface area is 176 Å². The van der Waals surface area contributed by atoms with Crippen molar-refractivity contribution in [2.24, 2.45) is 0 Å². The van der Waals surface area contributed by atoms with Gasteiger partial charge in [-0.25, -0.2) is 19.9 Å². The van der Waals surface area contributed by atoms with E-state index >= 15 is 0 Å². The molecular weight excluding hydrogens is 462 g/mol. The molecule has 0 saturated heterocycles. The number of halogens is 1. The number of methoxy groups -OCH3 is 1. The number of hydrogen-bond donors (Lipinski definition) is 2. The predicted molar refractivity (Wildman–Crippen MR) is 113 cm³/mol. The standard InChI is InChI=1S/C17H12BrN7O3S/c1-28-10-3-4-11-12(6-10)29-17(22-11)24-16-14(25(26)27)15(20-8-21-16)23-13-5-2-9(18)7-19-13/h2-8H,1H3,(H2,19,20,21,22,23,24). The number of thiazole rings is 1. The SMILES string of the molecule is COc1ccc2nc(Nc3ncnc(Nc4ccc(Br)cn4)c3[N+](=O)[O-])sc2c1. The highest BCUT2D eigenvalue weighted by Gasteiger charge is 2.24. The molecule has 2 N–H and O–H groups in total. The van der Waals surface area contributed by atoms with Gasteiger partial charge in [0.25, 0.3) is 0 Å². The van der Waals surface area contributed by atoms with E-state index in [0.29, 0.717) is 16.7 Å². The van der Waals surface area contributed by atoms with Crippen LogP contribution in [0.15, 0.2) is 47.3 Å². The molecule has 12 heteroatoms. The van der Waals surface area contributed by atoms with Gasteiger partial charge in [-0.1, -0.05) is 11.3 Å². The molecule has 1 aromatic carbocycles. The van der Waals surface area contributed by atoms with E-state index in [1.807, 2.05) is 12.1 Å². The van der Waals surface area contributed by atoms with Gasteiger partial charge in [0, 0.05) is 10.7 Å². The number of hydrogen-bond acceptors (Lipinski definition) is 10. The van der Waals surface area contributed by atoms with Crippen molar-refractivity contribution in [1.29, 1.82) is 0 Å². The van der Waals surface area contributed by atoms with Crippen molar-refractivity contribution in [1.82, 2.24) is 19.9 Å². The third-order valence-corrected chi connectivity index (χ3v) is 5.20. The Kier molecular flexibility index (Phi) is 5.18. The molecule has 0 aliphatic heterocycles. The van der Waals surface area contributed by atoms with E-state index in [9.17, 15) is 10.1 Å². The fourth-order valence-corrected chi connectivity index (χ4v) is 3.62. The van der Waals surface area contributed by atoms with Crippen LogP contribution >= 0.6 is 27.3 Å². The highest BCUT2D eigenvalue weighted by Crippen LogP contribution is 2.35. The molecule has 0 aliphatic carbocycles. The molecule has 0 unspecified atom stereocenters. The summed E-state index contributed by atoms with van der Waals surface area (Å²) in [5.41, 5.74) is 0.432. The highest BCUT2D eigenvalue weighted by atomic mass is 79.9. The Morgan fingerprint density at radius 2 is 1.93 bits per heavy atom. The minimum absolute atomic E-state index is 0.0186. The van der Waals surface area contributed by atoms with E-state index in [2.05, 4.69) is 46.5 Å². The van der Waals surface area contributed by atoms with Crippen molar-refractivity contribution in [3.63, 3.8) is 0 Å². The second kappa shape index (κ2) is 7.93. The largest absolute Gasteiger partial charge is 0.497 e. The van der Waals surface area contributed by atoms with Crippen LogP contribution in [0.25, 0.3) is 10.2 Å². The van der Waals surface area contributed by atoms with Crippen molar-refractivity contribution < 1.29 is 9.66 Å². The average Bonchev–Trinajstić information content (AvgIpc) is 3.11. The van der Waals surface area contributed by atoms with Gasteiger partial charge in [-0.05, 0) is 46.3 Å². The number of nitrogens with one attached hydrogen (secondary N) is 2. The second-order valence-electron chi connectivity index (χ2n) is 5.64. The number of rotatable bonds is 6. The van der Waals surface area contributed by atoms with Gasteiger partial charge in [-0.2, -0.15) is 0 Å². The molecule has 0 aliphatic rings. The maximum atomic E-state index is 11.7. The van der Waals surface area contributed by atoms with Gasteiger partial charge in [-0.15, -0.1) is 0 Å². The first-order valence-electron chi connectivity index (χ1n) is 8.13. The lowest BCUT2D eigenvalue weighted by Crippen LogP contribution is -2.06. The third kappa shape index (κ3) is 4.07. The second-order valence-corrected chi connectivity index (χ2v) is 7.59. The Morgan fingerprint density at radius 1 is 1.14 bits per heavy atom. The minimum Gasteiger partial charge on any atom is -0.497 e. The van der Waals surface area contributed by atoms with Gasteiger partial charge in [0.1, 0.15) is 17.9 Å². The molecule has 3 aromatic heterocycles. The summed E-state index contributed by atoms with van der Waals surface area (Å²) in [5.74, 6) is 1.16. The maximum Gasteiger partial charge on any atom is 0.354 e. The molecule has 10 nitrogen and oxygen atoms in total. The predicted octanol–water partition coefficient (Wildman–Crippen LogP) is 4.65. The number of anilines is 4. The summed E-state index contributed by atoms with van der Waals surface area (Å²) in [7, 11) is 1.58. The maximum absolute atomic E-state index is 11.7. The Bertz CT molecular complexity index is 1200. The van der Waals surface area contributed by atoms with E-state index in [-0.39, 0.29) is 17.3 Å². The zero-order chi connectivity index (χ0) is 20.4. The molecular formula is C17H12BrN7O3S. The summed E-state index contributed by atoms with van der Waals surface area (Å²) < 4.78 is 6.87. The van der Waals surface area contributed by atoms with E-state index < -0.39 is 4.92 Å². The zero-order valence-electron chi connectivity index (χ0n) is 14.8. The quantitative estimate of drug-likeness (QED) is 0.303. The molecule has 0 bridgehead atoms. The van der Waals surface area contributed by atoms with Crippen molar-refractivity contribution >= 4 is 65.8 Å². The van der Waals surface area contributed by atoms with Gasteiger partial charge in [-0.3, -0.25) is 10.1 Å². The van der Waals surface area contributed by atoms with Crippen LogP contribution in [0.2, 0.25) is 0 Å². The van der Waals surface area contributed by atoms with Crippen LogP contribution in [0.1, 0.15) is 0 Å². The van der Waals surface area contributed by atoms with Crippen LogP contribution in [-0.4, -0.2) is 32.0 Å². The molecule has 4 rings (SSSR count). The minimum atomic E-state index is -0.556. The molecule has 0 fully saturated rings. The molecule has 3 heterocycles. The fraction of sp³-hybridized carbons (Fsp3) is 0.0588. The number of nitro groups is 1. The molecule has 0 saturated carbocycles. The van der Waals surface area contributed by atoms with E-state index in [1.54, 1.807) is 31.5 Å². The number of aromatic nitrogens is 4. The van der Waals surface area contributed by atoms with Gasteiger partial charge < -0.3 is 15.4 Å². The van der Waals surface area contributed by atoms with E-state index in [4.69, 9.17) is 4.74 Å². The zero-order valence-corrected chi connectivity index (χ0v) is 17.2. The Morgan fingerprint density at radius 3 is 2.62 bits per heavy atom. The number of pyridine rings is 1. The monoisotopic (exact) mass is 473 g/mol. The first kappa shape index (κ1) is 19.0. The summed E-state index contributed by atoms with van der Waals surface area (Å²) in [6.07, 6.45) is 2.80. The van der Waals surface area contributed by atoms with Crippen LogP contribution in [0.5, 0.6) is 5.75 Å². The lowest BCUT2D eigenvalue weighted by Gasteiger charge is -2.08. The van der Waals surface area contributed by atoms with Gasteiger partial charge >= 0.3 is 5.69 Å². The molecule has 4 aromatic rings. The normalized spacial score (nSPS) is 10.7. The van der Waals surface area contributed by atoms with Crippen LogP contribution in [0.4, 0.5) is 28.3 Å². The summed E-state index contributed by atoms with van der Waals surface area (Å²) in [5, 5.41) is 18.0. The Balaban J connectivity index is 1.68. The summed E-state index contributed by atoms with van der Waals surface area (Å²) in [4.78, 5) is 27.8. The molecule has 0 amide bonds. The number of fused-ring (bicyclic) bond motifs is 1. The van der Waals surface area contributed by atoms with Crippen molar-refractivity contribution in [3.05, 3.63) is 57.4 Å². The first-order valence-corrected chi connectivity index (χ1v) is 9.74. The Hall–Kier alpha value is -3.38. The third-order valence-electron chi connectivity index (χ3n) is 3.80. The van der Waals surface area contributed by atoms with E-state index in [1.165, 1.54) is 17.7 Å². The molecule has 146 valence electrons. The smallest absolute Gasteiger partial charge is 0.354 e. The van der Waals surface area contributed by atoms with Gasteiger partial charge in [0.05, 0.1) is 22.2 Å². The van der Waals surface area contributed by atoms with Crippen molar-refractivity contribution in [3.8, 4) is 5.75 Å². The van der Waals surface area contributed by atoms with Crippen LogP contribution < -0.4 is 15.4 Å². The van der Waals surface area contributed by atoms with Gasteiger partial charge in [0.2, 0.25) is 11.6 Å². The van der Waals surface area contributed by atoms with Crippen LogP contribution in [0.3, 0.4) is 0 Å². The summed E-state index contributed by atoms with van der Waals surface area (Å²) in [6, 6.07) is 8.89. The van der Waals surface area contributed by atoms with E-state index in [0.717, 1.165) is 14.7 Å². The summed E-state index contributed by atoms with van der Waals surface area (Å²) >= 11 is 4.62. The van der Waals surface area contributed by atoms with Crippen molar-refractivity contribution in [2.45, 2.75) is 0 Å². The number of benzene rings is 1. The molecule has 29 heavy (non-hydrogen) atoms. The van der Waals surface area contributed by atoms with Crippen LogP contribution in [0, 0.1) is 10.1 Å². The topological polar surface area (TPSA) is 128 Å². The van der Waals surface area contributed by atoms with Crippen LogP contribution in [-0.2, 0) is 0 Å². The number of ether oxygens (including phenoxy) is 1. The molecule has 0 atom stereocenters. The first-order chi connectivity index (χ1) is 14.0. The lowest BCUT2D eigenvalue weighted by molar-refractivity contribution is -0.383. The van der Waals surface area contributed by atoms with Gasteiger partial charge in [0.15, 0.2) is 5.13 Å². The fourth-order valence-electron chi connectivity index (χ4n) is 2.49. The average molecular weight is 474 g/mol. The highest BCUT2D eigenvalue weighted by molar-refractivity contribution is 9.10. The number of nitrogens with zero attached hydrogens (tertiary/aromatic N) is 5. The van der Waals surface area contributed by atoms with Crippen molar-refractivity contribution in [2.75, 3.05) is 17.7 Å².